The first-order valence-electron chi connectivity index (χ1n) is 8.77. The molecule has 0 amide bonds. The van der Waals surface area contributed by atoms with Gasteiger partial charge in [-0.3, -0.25) is 4.68 Å². The molecule has 1 fully saturated rings. The minimum absolute atomic E-state index is 0.488. The van der Waals surface area contributed by atoms with E-state index in [0.717, 1.165) is 24.7 Å². The summed E-state index contributed by atoms with van der Waals surface area (Å²) < 4.78 is 2.23. The number of hydrogen-bond acceptors (Lipinski definition) is 2. The quantitative estimate of drug-likeness (QED) is 0.921. The molecule has 1 aromatic carbocycles. The first-order chi connectivity index (χ1) is 10.9. The number of nitrogens with one attached hydrogen (secondary N) is 1. The van der Waals surface area contributed by atoms with E-state index in [1.807, 2.05) is 0 Å². The van der Waals surface area contributed by atoms with Gasteiger partial charge in [-0.15, -0.1) is 0 Å². The zero-order valence-electron chi connectivity index (χ0n) is 13.2. The summed E-state index contributed by atoms with van der Waals surface area (Å²) in [5.41, 5.74) is 3.73. The lowest BCUT2D eigenvalue weighted by molar-refractivity contribution is 0.277. The molecule has 2 aromatic rings. The molecule has 1 atom stereocenters. The zero-order chi connectivity index (χ0) is 14.8. The second kappa shape index (κ2) is 6.25. The van der Waals surface area contributed by atoms with Gasteiger partial charge < -0.3 is 5.32 Å². The van der Waals surface area contributed by atoms with Gasteiger partial charge in [0.25, 0.3) is 0 Å². The van der Waals surface area contributed by atoms with Crippen LogP contribution in [-0.2, 0) is 6.54 Å². The SMILES string of the molecule is c1ccc(-c2cc3n(n2)CCN[C@@H]3CC2CCCCC2)cc1. The summed E-state index contributed by atoms with van der Waals surface area (Å²) in [6.45, 7) is 2.03. The molecule has 22 heavy (non-hydrogen) atoms. The summed E-state index contributed by atoms with van der Waals surface area (Å²) >= 11 is 0. The van der Waals surface area contributed by atoms with Gasteiger partial charge in [0.2, 0.25) is 0 Å². The Morgan fingerprint density at radius 1 is 1.09 bits per heavy atom. The molecule has 1 aromatic heterocycles. The summed E-state index contributed by atoms with van der Waals surface area (Å²) in [6, 6.07) is 13.3. The average Bonchev–Trinajstić information content (AvgIpc) is 3.02. The largest absolute Gasteiger partial charge is 0.307 e. The lowest BCUT2D eigenvalue weighted by Crippen LogP contribution is -2.35. The molecule has 0 bridgehead atoms. The smallest absolute Gasteiger partial charge is 0.0926 e. The van der Waals surface area contributed by atoms with Crippen molar-refractivity contribution in [2.45, 2.75) is 51.1 Å². The summed E-state index contributed by atoms with van der Waals surface area (Å²) in [4.78, 5) is 0. The number of nitrogens with zero attached hydrogens (tertiary/aromatic N) is 2. The van der Waals surface area contributed by atoms with E-state index in [-0.39, 0.29) is 0 Å². The molecule has 1 N–H and O–H groups in total. The maximum atomic E-state index is 4.84. The molecular weight excluding hydrogens is 270 g/mol. The van der Waals surface area contributed by atoms with E-state index in [0.29, 0.717) is 6.04 Å². The summed E-state index contributed by atoms with van der Waals surface area (Å²) in [5, 5.41) is 8.57. The Kier molecular flexibility index (Phi) is 3.98. The fourth-order valence-corrected chi connectivity index (χ4v) is 4.05. The van der Waals surface area contributed by atoms with Gasteiger partial charge in [0.05, 0.1) is 17.9 Å². The molecule has 116 valence electrons. The molecular formula is C19H25N3. The van der Waals surface area contributed by atoms with Crippen molar-refractivity contribution in [1.82, 2.24) is 15.1 Å². The van der Waals surface area contributed by atoms with E-state index >= 15 is 0 Å². The lowest BCUT2D eigenvalue weighted by Gasteiger charge is -2.30. The average molecular weight is 295 g/mol. The Labute approximate surface area is 132 Å². The van der Waals surface area contributed by atoms with Crippen molar-refractivity contribution in [2.75, 3.05) is 6.54 Å². The summed E-state index contributed by atoms with van der Waals surface area (Å²) in [7, 11) is 0. The van der Waals surface area contributed by atoms with Crippen molar-refractivity contribution in [2.24, 2.45) is 5.92 Å². The maximum Gasteiger partial charge on any atom is 0.0926 e. The van der Waals surface area contributed by atoms with E-state index in [1.165, 1.54) is 49.8 Å². The van der Waals surface area contributed by atoms with Crippen LogP contribution in [0.4, 0.5) is 0 Å². The lowest BCUT2D eigenvalue weighted by atomic mass is 9.84. The van der Waals surface area contributed by atoms with Crippen molar-refractivity contribution in [3.8, 4) is 11.3 Å². The Morgan fingerprint density at radius 2 is 1.91 bits per heavy atom. The monoisotopic (exact) mass is 295 g/mol. The highest BCUT2D eigenvalue weighted by Crippen LogP contribution is 2.34. The van der Waals surface area contributed by atoms with Crippen LogP contribution in [0.5, 0.6) is 0 Å². The highest BCUT2D eigenvalue weighted by atomic mass is 15.3. The standard InChI is InChI=1S/C19H25N3/c1-3-7-15(8-4-1)13-18-19-14-17(16-9-5-2-6-10-16)21-22(19)12-11-20-18/h2,5-6,9-10,14-15,18,20H,1,3-4,7-8,11-13H2/t18-/m1/s1. The summed E-state index contributed by atoms with van der Waals surface area (Å²) in [6.07, 6.45) is 8.39. The molecule has 0 radical (unpaired) electrons. The fourth-order valence-electron chi connectivity index (χ4n) is 4.05. The Hall–Kier alpha value is -1.61. The van der Waals surface area contributed by atoms with E-state index < -0.39 is 0 Å². The van der Waals surface area contributed by atoms with Gasteiger partial charge >= 0.3 is 0 Å². The normalized spacial score (nSPS) is 22.5. The first-order valence-corrected chi connectivity index (χ1v) is 8.77. The van der Waals surface area contributed by atoms with Crippen LogP contribution in [-0.4, -0.2) is 16.3 Å². The third-order valence-corrected chi connectivity index (χ3v) is 5.25. The predicted octanol–water partition coefficient (Wildman–Crippen LogP) is 4.16. The number of rotatable bonds is 3. The molecule has 3 nitrogen and oxygen atoms in total. The molecule has 0 saturated heterocycles. The van der Waals surface area contributed by atoms with Gasteiger partial charge in [-0.25, -0.2) is 0 Å². The third-order valence-electron chi connectivity index (χ3n) is 5.25. The molecule has 1 aliphatic heterocycles. The van der Waals surface area contributed by atoms with Crippen LogP contribution < -0.4 is 5.32 Å². The van der Waals surface area contributed by atoms with Crippen LogP contribution in [0.25, 0.3) is 11.3 Å². The predicted molar refractivity (Wildman–Crippen MR) is 89.6 cm³/mol. The second-order valence-corrected chi connectivity index (χ2v) is 6.79. The molecule has 3 heteroatoms. The van der Waals surface area contributed by atoms with E-state index in [4.69, 9.17) is 5.10 Å². The summed E-state index contributed by atoms with van der Waals surface area (Å²) in [5.74, 6) is 0.896. The Morgan fingerprint density at radius 3 is 2.73 bits per heavy atom. The number of benzene rings is 1. The molecule has 4 rings (SSSR count). The maximum absolute atomic E-state index is 4.84. The molecule has 1 saturated carbocycles. The van der Waals surface area contributed by atoms with Gasteiger partial charge in [-0.1, -0.05) is 62.4 Å². The highest BCUT2D eigenvalue weighted by molar-refractivity contribution is 5.59. The molecule has 1 aliphatic carbocycles. The van der Waals surface area contributed by atoms with E-state index in [2.05, 4.69) is 46.4 Å². The highest BCUT2D eigenvalue weighted by Gasteiger charge is 2.26. The molecule has 2 heterocycles. The van der Waals surface area contributed by atoms with Crippen molar-refractivity contribution < 1.29 is 0 Å². The molecule has 0 unspecified atom stereocenters. The first kappa shape index (κ1) is 14.0. The third kappa shape index (κ3) is 2.82. The van der Waals surface area contributed by atoms with Gasteiger partial charge in [0.1, 0.15) is 0 Å². The van der Waals surface area contributed by atoms with Crippen molar-refractivity contribution >= 4 is 0 Å². The van der Waals surface area contributed by atoms with Gasteiger partial charge in [-0.2, -0.15) is 5.10 Å². The van der Waals surface area contributed by atoms with E-state index in [1.54, 1.807) is 0 Å². The van der Waals surface area contributed by atoms with E-state index in [9.17, 15) is 0 Å². The van der Waals surface area contributed by atoms with Gasteiger partial charge in [0, 0.05) is 18.2 Å². The Balaban J connectivity index is 1.56. The van der Waals surface area contributed by atoms with Gasteiger partial charge in [0.15, 0.2) is 0 Å². The van der Waals surface area contributed by atoms with Crippen LogP contribution >= 0.6 is 0 Å². The number of aromatic nitrogens is 2. The second-order valence-electron chi connectivity index (χ2n) is 6.79. The number of hydrogen-bond donors (Lipinski definition) is 1. The van der Waals surface area contributed by atoms with Crippen LogP contribution in [0.3, 0.4) is 0 Å². The zero-order valence-corrected chi connectivity index (χ0v) is 13.2. The minimum atomic E-state index is 0.488. The number of fused-ring (bicyclic) bond motifs is 1. The van der Waals surface area contributed by atoms with Crippen LogP contribution in [0.2, 0.25) is 0 Å². The molecule has 2 aliphatic rings. The van der Waals surface area contributed by atoms with Crippen LogP contribution in [0.15, 0.2) is 36.4 Å². The van der Waals surface area contributed by atoms with Crippen molar-refractivity contribution in [1.29, 1.82) is 0 Å². The minimum Gasteiger partial charge on any atom is -0.307 e. The Bertz CT molecular complexity index is 611. The fraction of sp³-hybridized carbons (Fsp3) is 0.526. The van der Waals surface area contributed by atoms with Crippen molar-refractivity contribution in [3.05, 3.63) is 42.1 Å². The topological polar surface area (TPSA) is 29.9 Å². The van der Waals surface area contributed by atoms with Crippen molar-refractivity contribution in [3.63, 3.8) is 0 Å². The van der Waals surface area contributed by atoms with Gasteiger partial charge in [-0.05, 0) is 18.4 Å². The van der Waals surface area contributed by atoms with Crippen LogP contribution in [0, 0.1) is 5.92 Å². The van der Waals surface area contributed by atoms with Crippen LogP contribution in [0.1, 0.15) is 50.3 Å². The molecule has 0 spiro atoms.